The van der Waals surface area contributed by atoms with Crippen molar-refractivity contribution >= 4 is 27.4 Å². The molecule has 202 valence electrons. The van der Waals surface area contributed by atoms with E-state index in [4.69, 9.17) is 27.8 Å². The van der Waals surface area contributed by atoms with Crippen molar-refractivity contribution in [2.24, 2.45) is 16.5 Å². The first-order valence-corrected chi connectivity index (χ1v) is 13.9. The normalized spacial score (nSPS) is 21.5. The van der Waals surface area contributed by atoms with Gasteiger partial charge in [0.2, 0.25) is 11.7 Å². The van der Waals surface area contributed by atoms with Crippen LogP contribution in [-0.2, 0) is 21.8 Å². The third-order valence-corrected chi connectivity index (χ3v) is 7.49. The van der Waals surface area contributed by atoms with Crippen molar-refractivity contribution in [3.8, 4) is 16.9 Å². The lowest BCUT2D eigenvalue weighted by Crippen LogP contribution is -2.50. The Bertz CT molecular complexity index is 1280. The Kier molecular flexibility index (Phi) is 7.64. The molecule has 6 N–H and O–H groups in total. The lowest BCUT2D eigenvalue weighted by atomic mass is 9.95. The van der Waals surface area contributed by atoms with Crippen molar-refractivity contribution in [2.75, 3.05) is 31.6 Å². The van der Waals surface area contributed by atoms with Gasteiger partial charge in [0.1, 0.15) is 21.7 Å². The summed E-state index contributed by atoms with van der Waals surface area (Å²) >= 11 is 6.36. The SMILES string of the molecule is CS(=O)(=O)CCN1CCC(Oc2ccc(-c3c(Cl)cc(C4(N)N=C(N)NN4)cc3C(F)(F)F)cc2)CC1. The van der Waals surface area contributed by atoms with E-state index < -0.39 is 27.4 Å². The molecule has 2 aromatic carbocycles. The second kappa shape index (κ2) is 10.3. The van der Waals surface area contributed by atoms with Gasteiger partial charge in [-0.15, -0.1) is 0 Å². The topological polar surface area (TPSA) is 135 Å². The van der Waals surface area contributed by atoms with Crippen LogP contribution in [0.25, 0.3) is 11.1 Å². The van der Waals surface area contributed by atoms with E-state index in [9.17, 15) is 21.6 Å². The molecule has 2 aliphatic heterocycles. The van der Waals surface area contributed by atoms with Gasteiger partial charge in [0, 0.05) is 42.0 Å². The number of guanidine groups is 1. The summed E-state index contributed by atoms with van der Waals surface area (Å²) < 4.78 is 70.9. The maximum atomic E-state index is 14.1. The highest BCUT2D eigenvalue weighted by Crippen LogP contribution is 2.43. The average molecular weight is 561 g/mol. The van der Waals surface area contributed by atoms with Crippen LogP contribution in [-0.4, -0.2) is 57.0 Å². The monoisotopic (exact) mass is 560 g/mol. The van der Waals surface area contributed by atoms with Gasteiger partial charge in [-0.1, -0.05) is 23.7 Å². The van der Waals surface area contributed by atoms with Crippen LogP contribution in [0.5, 0.6) is 5.75 Å². The third-order valence-electron chi connectivity index (χ3n) is 6.27. The summed E-state index contributed by atoms with van der Waals surface area (Å²) in [6.07, 6.45) is -2.14. The van der Waals surface area contributed by atoms with Crippen LogP contribution in [0, 0.1) is 0 Å². The fourth-order valence-corrected chi connectivity index (χ4v) is 5.24. The van der Waals surface area contributed by atoms with E-state index in [1.165, 1.54) is 24.5 Å². The minimum atomic E-state index is -4.72. The Labute approximate surface area is 217 Å². The molecule has 2 aliphatic rings. The predicted octanol–water partition coefficient (Wildman–Crippen LogP) is 2.41. The van der Waals surface area contributed by atoms with Crippen molar-refractivity contribution in [3.63, 3.8) is 0 Å². The molecule has 0 spiro atoms. The average Bonchev–Trinajstić information content (AvgIpc) is 3.17. The molecule has 2 aromatic rings. The van der Waals surface area contributed by atoms with Gasteiger partial charge >= 0.3 is 6.18 Å². The van der Waals surface area contributed by atoms with Crippen molar-refractivity contribution in [1.82, 2.24) is 15.8 Å². The maximum Gasteiger partial charge on any atom is 0.417 e. The van der Waals surface area contributed by atoms with E-state index in [-0.39, 0.29) is 39.5 Å². The molecule has 1 fully saturated rings. The number of nitrogens with zero attached hydrogens (tertiary/aromatic N) is 2. The summed E-state index contributed by atoms with van der Waals surface area (Å²) in [7, 11) is -3.02. The number of halogens is 4. The molecule has 0 saturated carbocycles. The highest BCUT2D eigenvalue weighted by molar-refractivity contribution is 7.90. The third kappa shape index (κ3) is 6.65. The fraction of sp³-hybridized carbons (Fsp3) is 0.435. The molecule has 14 heteroatoms. The van der Waals surface area contributed by atoms with Gasteiger partial charge in [-0.3, -0.25) is 11.2 Å². The van der Waals surface area contributed by atoms with Crippen LogP contribution in [0.4, 0.5) is 13.2 Å². The Morgan fingerprint density at radius 3 is 2.41 bits per heavy atom. The van der Waals surface area contributed by atoms with E-state index in [2.05, 4.69) is 20.7 Å². The summed E-state index contributed by atoms with van der Waals surface area (Å²) in [5.41, 5.74) is 15.8. The minimum Gasteiger partial charge on any atom is -0.490 e. The first-order valence-electron chi connectivity index (χ1n) is 11.5. The van der Waals surface area contributed by atoms with Crippen molar-refractivity contribution < 1.29 is 26.3 Å². The molecule has 1 saturated heterocycles. The number of aliphatic imine (C=N–C) groups is 1. The molecule has 9 nitrogen and oxygen atoms in total. The number of benzene rings is 2. The van der Waals surface area contributed by atoms with Crippen LogP contribution in [0.1, 0.15) is 24.0 Å². The Balaban J connectivity index is 1.50. The first-order chi connectivity index (χ1) is 17.2. The van der Waals surface area contributed by atoms with Crippen LogP contribution in [0.2, 0.25) is 5.02 Å². The number of hydrazine groups is 1. The maximum absolute atomic E-state index is 14.1. The number of ether oxygens (including phenoxy) is 1. The second-order valence-corrected chi connectivity index (χ2v) is 11.9. The predicted molar refractivity (Wildman–Crippen MR) is 135 cm³/mol. The number of piperidine rings is 1. The van der Waals surface area contributed by atoms with E-state index in [1.54, 1.807) is 12.1 Å². The second-order valence-electron chi connectivity index (χ2n) is 9.20. The molecule has 1 unspecified atom stereocenters. The molecule has 37 heavy (non-hydrogen) atoms. The summed E-state index contributed by atoms with van der Waals surface area (Å²) in [5.74, 6) is -1.13. The van der Waals surface area contributed by atoms with Gasteiger partial charge in [0.25, 0.3) is 0 Å². The largest absolute Gasteiger partial charge is 0.490 e. The van der Waals surface area contributed by atoms with Crippen molar-refractivity contribution in [2.45, 2.75) is 30.9 Å². The summed E-state index contributed by atoms with van der Waals surface area (Å²) in [6, 6.07) is 8.49. The summed E-state index contributed by atoms with van der Waals surface area (Å²) in [5, 5.41) is -0.146. The van der Waals surface area contributed by atoms with Gasteiger partial charge in [-0.2, -0.15) is 18.6 Å². The van der Waals surface area contributed by atoms with Gasteiger partial charge in [0.15, 0.2) is 0 Å². The van der Waals surface area contributed by atoms with E-state index in [1.807, 2.05) is 0 Å². The Hall–Kier alpha value is -2.58. The molecule has 0 amide bonds. The molecule has 0 aromatic heterocycles. The van der Waals surface area contributed by atoms with Crippen molar-refractivity contribution in [1.29, 1.82) is 0 Å². The molecule has 0 radical (unpaired) electrons. The zero-order chi connectivity index (χ0) is 27.0. The number of nitrogens with one attached hydrogen (secondary N) is 2. The molecular formula is C23H28ClF3N6O3S. The Morgan fingerprint density at radius 2 is 1.86 bits per heavy atom. The number of rotatable bonds is 7. The Morgan fingerprint density at radius 1 is 1.22 bits per heavy atom. The lowest BCUT2D eigenvalue weighted by molar-refractivity contribution is -0.137. The number of likely N-dealkylation sites (tertiary alicyclic amines) is 1. The van der Waals surface area contributed by atoms with Gasteiger partial charge < -0.3 is 15.4 Å². The molecule has 1 atom stereocenters. The number of hydrogen-bond acceptors (Lipinski definition) is 9. The van der Waals surface area contributed by atoms with E-state index in [0.717, 1.165) is 6.07 Å². The number of sulfone groups is 1. The zero-order valence-electron chi connectivity index (χ0n) is 20.0. The summed E-state index contributed by atoms with van der Waals surface area (Å²) in [4.78, 5) is 6.01. The van der Waals surface area contributed by atoms with Gasteiger partial charge in [-0.25, -0.2) is 13.4 Å². The highest BCUT2D eigenvalue weighted by Gasteiger charge is 2.39. The number of nitrogens with two attached hydrogens (primary N) is 2. The van der Waals surface area contributed by atoms with Crippen molar-refractivity contribution in [3.05, 3.63) is 52.5 Å². The van der Waals surface area contributed by atoms with Crippen LogP contribution in [0.3, 0.4) is 0 Å². The number of alkyl halides is 3. The quantitative estimate of drug-likeness (QED) is 0.405. The zero-order valence-corrected chi connectivity index (χ0v) is 21.6. The molecule has 4 rings (SSSR count). The van der Waals surface area contributed by atoms with Gasteiger partial charge in [-0.05, 0) is 42.7 Å². The van der Waals surface area contributed by atoms with Crippen LogP contribution < -0.4 is 27.1 Å². The fourth-order valence-electron chi connectivity index (χ4n) is 4.32. The molecular weight excluding hydrogens is 533 g/mol. The first kappa shape index (κ1) is 27.5. The minimum absolute atomic E-state index is 0.00985. The molecule has 0 bridgehead atoms. The molecule has 2 heterocycles. The number of hydrogen-bond donors (Lipinski definition) is 4. The lowest BCUT2D eigenvalue weighted by Gasteiger charge is -2.32. The summed E-state index contributed by atoms with van der Waals surface area (Å²) in [6.45, 7) is 1.90. The smallest absolute Gasteiger partial charge is 0.417 e. The van der Waals surface area contributed by atoms with Gasteiger partial charge in [0.05, 0.1) is 11.3 Å². The van der Waals surface area contributed by atoms with Crippen LogP contribution in [0.15, 0.2) is 41.4 Å². The van der Waals surface area contributed by atoms with E-state index >= 15 is 0 Å². The standard InChI is InChI=1S/C23H28ClF3N6O3S/c1-37(34,35)11-10-33-8-6-17(7-9-33)36-16-4-2-14(3-5-16)20-18(22(25,26)27)12-15(13-19(20)24)23(29)30-21(28)31-32-23/h2-5,12-13,17,32H,6-11,29H2,1H3,(H3,28,30,31). The molecule has 0 aliphatic carbocycles. The highest BCUT2D eigenvalue weighted by atomic mass is 35.5. The van der Waals surface area contributed by atoms with E-state index in [0.29, 0.717) is 38.2 Å². The van der Waals surface area contributed by atoms with Crippen LogP contribution >= 0.6 is 11.6 Å².